The van der Waals surface area contributed by atoms with Gasteiger partial charge in [-0.25, -0.2) is 0 Å². The summed E-state index contributed by atoms with van der Waals surface area (Å²) in [4.78, 5) is 12.4. The van der Waals surface area contributed by atoms with Gasteiger partial charge in [-0.1, -0.05) is 62.7 Å². The van der Waals surface area contributed by atoms with Crippen LogP contribution in [-0.2, 0) is 11.4 Å². The molecule has 0 N–H and O–H groups in total. The molecule has 0 amide bonds. The van der Waals surface area contributed by atoms with E-state index >= 15 is 0 Å². The van der Waals surface area contributed by atoms with E-state index in [4.69, 9.17) is 16.3 Å². The number of para-hydroxylation sites is 1. The van der Waals surface area contributed by atoms with Gasteiger partial charge in [0.05, 0.1) is 5.57 Å². The largest absolute Gasteiger partial charge is 0.488 e. The number of ether oxygens (including phenoxy) is 1. The van der Waals surface area contributed by atoms with E-state index in [0.717, 1.165) is 5.56 Å². The molecule has 128 valence electrons. The summed E-state index contributed by atoms with van der Waals surface area (Å²) >= 11 is 5.88. The van der Waals surface area contributed by atoms with E-state index in [2.05, 4.69) is 0 Å². The molecule has 0 aliphatic carbocycles. The molecule has 0 bridgehead atoms. The predicted octanol–water partition coefficient (Wildman–Crippen LogP) is 5.44. The Morgan fingerprint density at radius 1 is 1.16 bits per heavy atom. The maximum Gasteiger partial charge on any atom is 0.178 e. The van der Waals surface area contributed by atoms with E-state index in [1.165, 1.54) is 0 Å². The number of carbonyl (C=O) groups excluding carboxylic acids is 1. The van der Waals surface area contributed by atoms with Crippen molar-refractivity contribution in [2.45, 2.75) is 27.4 Å². The van der Waals surface area contributed by atoms with Gasteiger partial charge in [0.15, 0.2) is 5.78 Å². The van der Waals surface area contributed by atoms with Gasteiger partial charge in [-0.05, 0) is 29.8 Å². The second kappa shape index (κ2) is 8.00. The Balaban J connectivity index is 2.25. The molecule has 0 saturated carbocycles. The molecule has 0 aliphatic rings. The van der Waals surface area contributed by atoms with Crippen LogP contribution in [0.2, 0.25) is 5.02 Å². The first-order chi connectivity index (χ1) is 11.8. The van der Waals surface area contributed by atoms with Gasteiger partial charge < -0.3 is 4.74 Å². The van der Waals surface area contributed by atoms with Crippen molar-refractivity contribution in [1.82, 2.24) is 0 Å². The molecule has 0 heterocycles. The number of ketones is 1. The van der Waals surface area contributed by atoms with Crippen LogP contribution in [0.4, 0.5) is 0 Å². The number of nitriles is 1. The SMILES string of the molecule is CC(C)(C)C(=O)C(C#N)=Cc1ccccc1OCc1ccc(Cl)cc1. The highest BCUT2D eigenvalue weighted by Crippen LogP contribution is 2.26. The summed E-state index contributed by atoms with van der Waals surface area (Å²) in [5.74, 6) is 0.425. The fourth-order valence-corrected chi connectivity index (χ4v) is 2.31. The van der Waals surface area contributed by atoms with E-state index in [1.54, 1.807) is 26.8 Å². The Hall–Kier alpha value is -2.57. The number of hydrogen-bond acceptors (Lipinski definition) is 3. The van der Waals surface area contributed by atoms with Crippen LogP contribution in [0.25, 0.3) is 6.08 Å². The maximum atomic E-state index is 12.4. The number of carbonyl (C=O) groups is 1. The Morgan fingerprint density at radius 3 is 2.40 bits per heavy atom. The molecule has 0 radical (unpaired) electrons. The molecule has 2 rings (SSSR count). The minimum atomic E-state index is -0.610. The predicted molar refractivity (Wildman–Crippen MR) is 100 cm³/mol. The fourth-order valence-electron chi connectivity index (χ4n) is 2.18. The lowest BCUT2D eigenvalue weighted by Gasteiger charge is -2.16. The second-order valence-electron chi connectivity index (χ2n) is 6.70. The quantitative estimate of drug-likeness (QED) is 0.531. The topological polar surface area (TPSA) is 50.1 Å². The maximum absolute atomic E-state index is 12.4. The lowest BCUT2D eigenvalue weighted by molar-refractivity contribution is -0.121. The summed E-state index contributed by atoms with van der Waals surface area (Å²) in [6.07, 6.45) is 1.59. The molecule has 0 unspecified atom stereocenters. The van der Waals surface area contributed by atoms with Crippen LogP contribution < -0.4 is 4.74 Å². The average Bonchev–Trinajstić information content (AvgIpc) is 2.58. The van der Waals surface area contributed by atoms with Crippen LogP contribution in [-0.4, -0.2) is 5.78 Å². The Labute approximate surface area is 153 Å². The molecular formula is C21H20ClNO2. The third-order valence-corrected chi connectivity index (χ3v) is 3.82. The number of halogens is 1. The second-order valence-corrected chi connectivity index (χ2v) is 7.14. The molecule has 3 nitrogen and oxygen atoms in total. The van der Waals surface area contributed by atoms with Gasteiger partial charge >= 0.3 is 0 Å². The van der Waals surface area contributed by atoms with Gasteiger partial charge in [0.25, 0.3) is 0 Å². The van der Waals surface area contributed by atoms with Gasteiger partial charge in [-0.3, -0.25) is 4.79 Å². The smallest absolute Gasteiger partial charge is 0.178 e. The molecule has 0 saturated heterocycles. The van der Waals surface area contributed by atoms with Crippen LogP contribution in [0.1, 0.15) is 31.9 Å². The van der Waals surface area contributed by atoms with Gasteiger partial charge in [-0.15, -0.1) is 0 Å². The Kier molecular flexibility index (Phi) is 6.01. The van der Waals surface area contributed by atoms with E-state index in [9.17, 15) is 10.1 Å². The van der Waals surface area contributed by atoms with Crippen molar-refractivity contribution in [3.8, 4) is 11.8 Å². The number of Topliss-reactive ketones (excluding diaryl/α,β-unsaturated/α-hetero) is 1. The fraction of sp³-hybridized carbons (Fsp3) is 0.238. The van der Waals surface area contributed by atoms with Crippen molar-refractivity contribution >= 4 is 23.5 Å². The van der Waals surface area contributed by atoms with Gasteiger partial charge in [0.2, 0.25) is 0 Å². The monoisotopic (exact) mass is 353 g/mol. The lowest BCUT2D eigenvalue weighted by Crippen LogP contribution is -2.21. The normalized spacial score (nSPS) is 11.7. The molecule has 0 atom stereocenters. The number of benzene rings is 2. The minimum Gasteiger partial charge on any atom is -0.488 e. The molecule has 0 aromatic heterocycles. The summed E-state index contributed by atoms with van der Waals surface area (Å²) in [5.41, 5.74) is 1.19. The summed E-state index contributed by atoms with van der Waals surface area (Å²) in [6.45, 7) is 5.76. The van der Waals surface area contributed by atoms with Crippen molar-refractivity contribution in [3.05, 3.63) is 70.3 Å². The van der Waals surface area contributed by atoms with E-state index in [1.807, 2.05) is 54.6 Å². The summed E-state index contributed by atoms with van der Waals surface area (Å²) in [6, 6.07) is 16.7. The summed E-state index contributed by atoms with van der Waals surface area (Å²) in [7, 11) is 0. The zero-order valence-corrected chi connectivity index (χ0v) is 15.3. The van der Waals surface area contributed by atoms with E-state index in [-0.39, 0.29) is 11.4 Å². The van der Waals surface area contributed by atoms with Crippen LogP contribution >= 0.6 is 11.6 Å². The van der Waals surface area contributed by atoms with Crippen LogP contribution in [0.3, 0.4) is 0 Å². The number of allylic oxidation sites excluding steroid dienone is 1. The van der Waals surface area contributed by atoms with E-state index < -0.39 is 5.41 Å². The first kappa shape index (κ1) is 18.8. The van der Waals surface area contributed by atoms with Gasteiger partial charge in [0, 0.05) is 16.0 Å². The average molecular weight is 354 g/mol. The summed E-state index contributed by atoms with van der Waals surface area (Å²) < 4.78 is 5.87. The van der Waals surface area contributed by atoms with Crippen molar-refractivity contribution < 1.29 is 9.53 Å². The first-order valence-electron chi connectivity index (χ1n) is 7.94. The zero-order chi connectivity index (χ0) is 18.4. The van der Waals surface area contributed by atoms with Gasteiger partial charge in [0.1, 0.15) is 18.4 Å². The Morgan fingerprint density at radius 2 is 1.80 bits per heavy atom. The van der Waals surface area contributed by atoms with Crippen molar-refractivity contribution in [2.75, 3.05) is 0 Å². The minimum absolute atomic E-state index is 0.120. The first-order valence-corrected chi connectivity index (χ1v) is 8.32. The van der Waals surface area contributed by atoms with Crippen LogP contribution in [0.15, 0.2) is 54.1 Å². The highest BCUT2D eigenvalue weighted by Gasteiger charge is 2.25. The summed E-state index contributed by atoms with van der Waals surface area (Å²) in [5, 5.41) is 10.0. The third kappa shape index (κ3) is 5.20. The van der Waals surface area contributed by atoms with Gasteiger partial charge in [-0.2, -0.15) is 5.26 Å². The standard InChI is InChI=1S/C21H20ClNO2/c1-21(2,3)20(24)17(13-23)12-16-6-4-5-7-19(16)25-14-15-8-10-18(22)11-9-15/h4-12H,14H2,1-3H3. The van der Waals surface area contributed by atoms with Crippen LogP contribution in [0.5, 0.6) is 5.75 Å². The number of hydrogen-bond donors (Lipinski definition) is 0. The highest BCUT2D eigenvalue weighted by atomic mass is 35.5. The molecule has 4 heteroatoms. The highest BCUT2D eigenvalue weighted by molar-refractivity contribution is 6.30. The molecule has 25 heavy (non-hydrogen) atoms. The molecule has 0 fully saturated rings. The molecular weight excluding hydrogens is 334 g/mol. The lowest BCUT2D eigenvalue weighted by atomic mass is 9.86. The third-order valence-electron chi connectivity index (χ3n) is 3.57. The van der Waals surface area contributed by atoms with Crippen molar-refractivity contribution in [2.24, 2.45) is 5.41 Å². The molecule has 2 aromatic rings. The number of rotatable bonds is 5. The van der Waals surface area contributed by atoms with Crippen molar-refractivity contribution in [1.29, 1.82) is 5.26 Å². The molecule has 0 spiro atoms. The van der Waals surface area contributed by atoms with E-state index in [0.29, 0.717) is 22.9 Å². The zero-order valence-electron chi connectivity index (χ0n) is 14.5. The van der Waals surface area contributed by atoms with Crippen molar-refractivity contribution in [3.63, 3.8) is 0 Å². The molecule has 2 aromatic carbocycles. The number of nitrogens with zero attached hydrogens (tertiary/aromatic N) is 1. The molecule has 0 aliphatic heterocycles. The Bertz CT molecular complexity index is 824. The van der Waals surface area contributed by atoms with Crippen LogP contribution in [0, 0.1) is 16.7 Å².